The lowest BCUT2D eigenvalue weighted by atomic mass is 10.0. The second kappa shape index (κ2) is 5.94. The van der Waals surface area contributed by atoms with Crippen molar-refractivity contribution >= 4 is 23.0 Å². The Morgan fingerprint density at radius 1 is 1.12 bits per heavy atom. The van der Waals surface area contributed by atoms with Gasteiger partial charge in [0.2, 0.25) is 5.89 Å². The number of para-hydroxylation sites is 1. The van der Waals surface area contributed by atoms with E-state index in [0.29, 0.717) is 17.3 Å². The molecule has 0 fully saturated rings. The molecule has 0 unspecified atom stereocenters. The summed E-state index contributed by atoms with van der Waals surface area (Å²) in [6.45, 7) is 1.94. The summed E-state index contributed by atoms with van der Waals surface area (Å²) >= 11 is 0. The Kier molecular flexibility index (Phi) is 3.61. The van der Waals surface area contributed by atoms with Crippen molar-refractivity contribution in [3.05, 3.63) is 59.8 Å². The molecule has 4 rings (SSSR count). The van der Waals surface area contributed by atoms with Gasteiger partial charge in [-0.05, 0) is 37.3 Å². The van der Waals surface area contributed by atoms with Crippen molar-refractivity contribution in [2.75, 3.05) is 7.11 Å². The number of nitrogens with zero attached hydrogens (tertiary/aromatic N) is 2. The number of methoxy groups -OCH3 is 1. The first-order chi connectivity index (χ1) is 12.2. The number of hydrogen-bond acceptors (Lipinski definition) is 5. The van der Waals surface area contributed by atoms with E-state index in [1.807, 2.05) is 49.4 Å². The molecular formula is C20H16N2O3. The summed E-state index contributed by atoms with van der Waals surface area (Å²) in [4.78, 5) is 8.96. The molecule has 2 aromatic carbocycles. The van der Waals surface area contributed by atoms with Gasteiger partial charge in [0, 0.05) is 22.4 Å². The minimum absolute atomic E-state index is 0.220. The van der Waals surface area contributed by atoms with Crippen molar-refractivity contribution in [3.8, 4) is 23.1 Å². The van der Waals surface area contributed by atoms with Crippen LogP contribution in [-0.4, -0.2) is 22.9 Å². The fourth-order valence-corrected chi connectivity index (χ4v) is 2.85. The highest BCUT2D eigenvalue weighted by Crippen LogP contribution is 2.37. The van der Waals surface area contributed by atoms with Crippen molar-refractivity contribution in [1.82, 2.24) is 4.98 Å². The van der Waals surface area contributed by atoms with Gasteiger partial charge in [0.25, 0.3) is 0 Å². The quantitative estimate of drug-likeness (QED) is 0.754. The van der Waals surface area contributed by atoms with Gasteiger partial charge in [-0.1, -0.05) is 24.3 Å². The summed E-state index contributed by atoms with van der Waals surface area (Å²) in [7, 11) is 1.60. The maximum atomic E-state index is 10.2. The molecule has 0 spiro atoms. The van der Waals surface area contributed by atoms with Gasteiger partial charge in [0.1, 0.15) is 11.4 Å². The lowest BCUT2D eigenvalue weighted by Crippen LogP contribution is -1.90. The second-order valence-electron chi connectivity index (χ2n) is 5.71. The molecule has 0 saturated carbocycles. The SMILES string of the molecule is COc1cccc(-c2nc(/C=C3/C(C)=Nc4ccccc43)c(O)o2)c1. The summed E-state index contributed by atoms with van der Waals surface area (Å²) in [5, 5.41) is 10.2. The van der Waals surface area contributed by atoms with Gasteiger partial charge in [-0.3, -0.25) is 4.99 Å². The minimum Gasteiger partial charge on any atom is -0.497 e. The van der Waals surface area contributed by atoms with E-state index in [4.69, 9.17) is 9.15 Å². The molecule has 2 heterocycles. The first-order valence-electron chi connectivity index (χ1n) is 7.86. The number of ether oxygens (including phenoxy) is 1. The summed E-state index contributed by atoms with van der Waals surface area (Å²) in [6, 6.07) is 15.2. The normalized spacial score (nSPS) is 14.5. The van der Waals surface area contributed by atoms with E-state index < -0.39 is 0 Å². The van der Waals surface area contributed by atoms with Crippen LogP contribution in [0.2, 0.25) is 0 Å². The van der Waals surface area contributed by atoms with E-state index in [-0.39, 0.29) is 5.95 Å². The van der Waals surface area contributed by atoms with Crippen LogP contribution in [0.3, 0.4) is 0 Å². The number of allylic oxidation sites excluding steroid dienone is 1. The molecule has 0 atom stereocenters. The van der Waals surface area contributed by atoms with Gasteiger partial charge in [0.15, 0.2) is 0 Å². The van der Waals surface area contributed by atoms with Crippen LogP contribution in [0.15, 0.2) is 57.9 Å². The average molecular weight is 332 g/mol. The summed E-state index contributed by atoms with van der Waals surface area (Å²) in [6.07, 6.45) is 1.80. The summed E-state index contributed by atoms with van der Waals surface area (Å²) < 4.78 is 10.7. The van der Waals surface area contributed by atoms with Crippen molar-refractivity contribution in [3.63, 3.8) is 0 Å². The third-order valence-corrected chi connectivity index (χ3v) is 4.10. The van der Waals surface area contributed by atoms with Crippen molar-refractivity contribution in [2.45, 2.75) is 6.92 Å². The Labute approximate surface area is 144 Å². The van der Waals surface area contributed by atoms with Gasteiger partial charge >= 0.3 is 5.95 Å². The monoisotopic (exact) mass is 332 g/mol. The van der Waals surface area contributed by atoms with Crippen molar-refractivity contribution in [1.29, 1.82) is 0 Å². The zero-order valence-electron chi connectivity index (χ0n) is 13.9. The molecule has 0 aliphatic carbocycles. The van der Waals surface area contributed by atoms with E-state index in [2.05, 4.69) is 9.98 Å². The third-order valence-electron chi connectivity index (χ3n) is 4.10. The highest BCUT2D eigenvalue weighted by molar-refractivity contribution is 6.31. The van der Waals surface area contributed by atoms with Gasteiger partial charge in [-0.25, -0.2) is 4.98 Å². The maximum Gasteiger partial charge on any atom is 0.310 e. The van der Waals surface area contributed by atoms with Crippen LogP contribution in [0.1, 0.15) is 18.2 Å². The molecule has 0 saturated heterocycles. The highest BCUT2D eigenvalue weighted by atomic mass is 16.5. The molecule has 1 N–H and O–H groups in total. The molecular weight excluding hydrogens is 316 g/mol. The third kappa shape index (κ3) is 2.70. The minimum atomic E-state index is -0.220. The number of fused-ring (bicyclic) bond motifs is 1. The topological polar surface area (TPSA) is 67.9 Å². The number of oxazole rings is 1. The van der Waals surface area contributed by atoms with E-state index in [9.17, 15) is 5.11 Å². The Morgan fingerprint density at radius 3 is 2.80 bits per heavy atom. The molecule has 25 heavy (non-hydrogen) atoms. The molecule has 1 aliphatic heterocycles. The largest absolute Gasteiger partial charge is 0.497 e. The number of rotatable bonds is 3. The average Bonchev–Trinajstić information content (AvgIpc) is 3.16. The number of aromatic hydroxyl groups is 1. The van der Waals surface area contributed by atoms with Gasteiger partial charge in [0.05, 0.1) is 12.8 Å². The van der Waals surface area contributed by atoms with Crippen molar-refractivity contribution < 1.29 is 14.3 Å². The van der Waals surface area contributed by atoms with Crippen LogP contribution >= 0.6 is 0 Å². The fourth-order valence-electron chi connectivity index (χ4n) is 2.85. The number of aliphatic imine (C=N–C) groups is 1. The number of aromatic nitrogens is 1. The molecule has 124 valence electrons. The van der Waals surface area contributed by atoms with E-state index in [1.54, 1.807) is 19.3 Å². The van der Waals surface area contributed by atoms with E-state index in [0.717, 1.165) is 28.1 Å². The first-order valence-corrected chi connectivity index (χ1v) is 7.86. The number of benzene rings is 2. The standard InChI is InChI=1S/C20H16N2O3/c1-12-16(15-8-3-4-9-17(15)21-12)11-18-20(23)25-19(22-18)13-6-5-7-14(10-13)24-2/h3-11,23H,1-2H3/b16-11-. The second-order valence-corrected chi connectivity index (χ2v) is 5.71. The lowest BCUT2D eigenvalue weighted by Gasteiger charge is -2.00. The summed E-state index contributed by atoms with van der Waals surface area (Å²) in [5.74, 6) is 0.814. The molecule has 0 bridgehead atoms. The molecule has 1 aliphatic rings. The lowest BCUT2D eigenvalue weighted by molar-refractivity contribution is 0.336. The molecule has 3 aromatic rings. The van der Waals surface area contributed by atoms with Crippen LogP contribution in [0.4, 0.5) is 5.69 Å². The van der Waals surface area contributed by atoms with Crippen LogP contribution in [0.5, 0.6) is 11.7 Å². The maximum absolute atomic E-state index is 10.2. The van der Waals surface area contributed by atoms with E-state index in [1.165, 1.54) is 0 Å². The fraction of sp³-hybridized carbons (Fsp3) is 0.100. The smallest absolute Gasteiger partial charge is 0.310 e. The molecule has 1 aromatic heterocycles. The van der Waals surface area contributed by atoms with Crippen LogP contribution in [0.25, 0.3) is 23.1 Å². The Balaban J connectivity index is 1.76. The molecule has 0 radical (unpaired) electrons. The molecule has 0 amide bonds. The zero-order chi connectivity index (χ0) is 17.4. The van der Waals surface area contributed by atoms with Gasteiger partial charge in [-0.2, -0.15) is 0 Å². The zero-order valence-corrected chi connectivity index (χ0v) is 13.9. The molecule has 5 heteroatoms. The summed E-state index contributed by atoms with van der Waals surface area (Å²) in [5.41, 5.74) is 4.85. The van der Waals surface area contributed by atoms with Gasteiger partial charge < -0.3 is 14.3 Å². The van der Waals surface area contributed by atoms with Crippen LogP contribution in [-0.2, 0) is 0 Å². The first kappa shape index (κ1) is 15.2. The Bertz CT molecular complexity index is 1020. The molecule has 5 nitrogen and oxygen atoms in total. The van der Waals surface area contributed by atoms with Crippen LogP contribution < -0.4 is 4.74 Å². The predicted octanol–water partition coefficient (Wildman–Crippen LogP) is 4.70. The Morgan fingerprint density at radius 2 is 1.96 bits per heavy atom. The van der Waals surface area contributed by atoms with E-state index >= 15 is 0 Å². The highest BCUT2D eigenvalue weighted by Gasteiger charge is 2.20. The van der Waals surface area contributed by atoms with Crippen molar-refractivity contribution in [2.24, 2.45) is 4.99 Å². The van der Waals surface area contributed by atoms with Crippen LogP contribution in [0, 0.1) is 0 Å². The predicted molar refractivity (Wildman–Crippen MR) is 97.2 cm³/mol. The Hall–Kier alpha value is -3.34. The van der Waals surface area contributed by atoms with Gasteiger partial charge in [-0.15, -0.1) is 0 Å². The number of hydrogen-bond donors (Lipinski definition) is 1.